The van der Waals surface area contributed by atoms with E-state index in [1.54, 1.807) is 24.3 Å². The lowest BCUT2D eigenvalue weighted by Crippen LogP contribution is -2.37. The summed E-state index contributed by atoms with van der Waals surface area (Å²) in [5.41, 5.74) is 1.35. The second-order valence-corrected chi connectivity index (χ2v) is 6.09. The first kappa shape index (κ1) is 17.2. The number of aromatic hydroxyl groups is 1. The minimum absolute atomic E-state index is 0.0627. The lowest BCUT2D eigenvalue weighted by atomic mass is 10.2. The fourth-order valence-electron chi connectivity index (χ4n) is 1.74. The Hall–Kier alpha value is -2.12. The Morgan fingerprint density at radius 1 is 1.26 bits per heavy atom. The minimum Gasteiger partial charge on any atom is -0.506 e. The molecule has 0 aliphatic heterocycles. The molecule has 2 aromatic carbocycles. The predicted octanol–water partition coefficient (Wildman–Crippen LogP) is 3.36. The van der Waals surface area contributed by atoms with Crippen LogP contribution in [-0.2, 0) is 4.79 Å². The van der Waals surface area contributed by atoms with E-state index in [2.05, 4.69) is 26.6 Å². The first-order valence-electron chi connectivity index (χ1n) is 6.73. The normalized spacial score (nSPS) is 10.0. The Bertz CT molecular complexity index is 720. The molecule has 120 valence electrons. The molecule has 0 radical (unpaired) electrons. The largest absolute Gasteiger partial charge is 0.506 e. The van der Waals surface area contributed by atoms with E-state index in [0.717, 1.165) is 10.0 Å². The van der Waals surface area contributed by atoms with Crippen molar-refractivity contribution in [3.8, 4) is 11.5 Å². The van der Waals surface area contributed by atoms with Crippen LogP contribution < -0.4 is 15.4 Å². The zero-order valence-corrected chi connectivity index (χ0v) is 14.7. The fraction of sp³-hybridized carbons (Fsp3) is 0.125. The second-order valence-electron chi connectivity index (χ2n) is 4.77. The molecule has 0 saturated carbocycles. The van der Waals surface area contributed by atoms with Gasteiger partial charge in [-0.2, -0.15) is 0 Å². The number of carbonyl (C=O) groups excluding carboxylic acids is 1. The molecule has 0 unspecified atom stereocenters. The van der Waals surface area contributed by atoms with Crippen molar-refractivity contribution in [3.05, 3.63) is 52.5 Å². The molecule has 1 amide bonds. The maximum Gasteiger partial charge on any atom is 0.264 e. The van der Waals surface area contributed by atoms with Crippen molar-refractivity contribution in [2.75, 3.05) is 11.9 Å². The molecule has 2 aromatic rings. The SMILES string of the molecule is Cc1ccc(NC(=S)NC(=O)COc2ccc(Br)cc2)c(O)c1. The van der Waals surface area contributed by atoms with Gasteiger partial charge < -0.3 is 15.2 Å². The van der Waals surface area contributed by atoms with Gasteiger partial charge in [-0.15, -0.1) is 0 Å². The second kappa shape index (κ2) is 7.94. The van der Waals surface area contributed by atoms with Crippen molar-refractivity contribution in [1.82, 2.24) is 5.32 Å². The molecular weight excluding hydrogens is 380 g/mol. The Kier molecular flexibility index (Phi) is 5.95. The van der Waals surface area contributed by atoms with Crippen LogP contribution in [0.5, 0.6) is 11.5 Å². The van der Waals surface area contributed by atoms with Crippen molar-refractivity contribution in [2.24, 2.45) is 0 Å². The number of hydrogen-bond acceptors (Lipinski definition) is 4. The summed E-state index contributed by atoms with van der Waals surface area (Å²) in [6.45, 7) is 1.70. The van der Waals surface area contributed by atoms with Crippen LogP contribution in [0.1, 0.15) is 5.56 Å². The van der Waals surface area contributed by atoms with Gasteiger partial charge in [-0.1, -0.05) is 22.0 Å². The molecule has 5 nitrogen and oxygen atoms in total. The van der Waals surface area contributed by atoms with Gasteiger partial charge in [-0.3, -0.25) is 10.1 Å². The number of benzene rings is 2. The lowest BCUT2D eigenvalue weighted by Gasteiger charge is -2.11. The molecule has 0 atom stereocenters. The molecule has 2 rings (SSSR count). The number of ether oxygens (including phenoxy) is 1. The molecule has 23 heavy (non-hydrogen) atoms. The fourth-order valence-corrected chi connectivity index (χ4v) is 2.23. The zero-order chi connectivity index (χ0) is 16.8. The van der Waals surface area contributed by atoms with Crippen molar-refractivity contribution in [3.63, 3.8) is 0 Å². The number of amides is 1. The van der Waals surface area contributed by atoms with Crippen LogP contribution in [0.2, 0.25) is 0 Å². The zero-order valence-electron chi connectivity index (χ0n) is 12.3. The number of halogens is 1. The van der Waals surface area contributed by atoms with Crippen LogP contribution in [0, 0.1) is 6.92 Å². The van der Waals surface area contributed by atoms with Crippen LogP contribution >= 0.6 is 28.1 Å². The number of carbonyl (C=O) groups is 1. The molecule has 0 bridgehead atoms. The highest BCUT2D eigenvalue weighted by Crippen LogP contribution is 2.23. The summed E-state index contributed by atoms with van der Waals surface area (Å²) in [7, 11) is 0. The van der Waals surface area contributed by atoms with E-state index in [9.17, 15) is 9.90 Å². The number of thiocarbonyl (C=S) groups is 1. The van der Waals surface area contributed by atoms with Gasteiger partial charge in [0.15, 0.2) is 11.7 Å². The topological polar surface area (TPSA) is 70.6 Å². The summed E-state index contributed by atoms with van der Waals surface area (Å²) >= 11 is 8.36. The van der Waals surface area contributed by atoms with Crippen LogP contribution in [0.4, 0.5) is 5.69 Å². The van der Waals surface area contributed by atoms with Gasteiger partial charge >= 0.3 is 0 Å². The van der Waals surface area contributed by atoms with Gasteiger partial charge in [0.25, 0.3) is 5.91 Å². The number of anilines is 1. The van der Waals surface area contributed by atoms with Crippen LogP contribution in [0.15, 0.2) is 46.9 Å². The number of hydrogen-bond donors (Lipinski definition) is 3. The maximum atomic E-state index is 11.8. The highest BCUT2D eigenvalue weighted by molar-refractivity contribution is 9.10. The number of aryl methyl sites for hydroxylation is 1. The van der Waals surface area contributed by atoms with Crippen molar-refractivity contribution < 1.29 is 14.6 Å². The molecule has 0 aliphatic carbocycles. The summed E-state index contributed by atoms with van der Waals surface area (Å²) in [6, 6.07) is 12.2. The Morgan fingerprint density at radius 2 is 1.96 bits per heavy atom. The quantitative estimate of drug-likeness (QED) is 0.547. The van der Waals surface area contributed by atoms with Crippen molar-refractivity contribution >= 4 is 44.9 Å². The van der Waals surface area contributed by atoms with E-state index < -0.39 is 5.91 Å². The van der Waals surface area contributed by atoms with Gasteiger partial charge in [-0.25, -0.2) is 0 Å². The lowest BCUT2D eigenvalue weighted by molar-refractivity contribution is -0.121. The molecule has 0 heterocycles. The smallest absolute Gasteiger partial charge is 0.264 e. The number of rotatable bonds is 4. The molecule has 0 aliphatic rings. The van der Waals surface area contributed by atoms with Crippen molar-refractivity contribution in [1.29, 1.82) is 0 Å². The monoisotopic (exact) mass is 394 g/mol. The summed E-state index contributed by atoms with van der Waals surface area (Å²) in [4.78, 5) is 11.8. The van der Waals surface area contributed by atoms with Crippen LogP contribution in [0.3, 0.4) is 0 Å². The van der Waals surface area contributed by atoms with E-state index >= 15 is 0 Å². The third-order valence-corrected chi connectivity index (χ3v) is 3.57. The first-order valence-corrected chi connectivity index (χ1v) is 7.93. The number of nitrogens with one attached hydrogen (secondary N) is 2. The van der Waals surface area contributed by atoms with Crippen LogP contribution in [0.25, 0.3) is 0 Å². The van der Waals surface area contributed by atoms with E-state index in [-0.39, 0.29) is 17.5 Å². The van der Waals surface area contributed by atoms with Gasteiger partial charge in [0.2, 0.25) is 0 Å². The number of phenols is 1. The minimum atomic E-state index is -0.392. The molecule has 0 fully saturated rings. The summed E-state index contributed by atoms with van der Waals surface area (Å²) in [5.74, 6) is 0.253. The standard InChI is InChI=1S/C16H15BrN2O3S/c1-10-2-7-13(14(20)8-10)18-16(23)19-15(21)9-22-12-5-3-11(17)4-6-12/h2-8,20H,9H2,1H3,(H2,18,19,21,23). The molecule has 7 heteroatoms. The maximum absolute atomic E-state index is 11.8. The molecule has 3 N–H and O–H groups in total. The van der Waals surface area contributed by atoms with Gasteiger partial charge in [0, 0.05) is 4.47 Å². The first-order chi connectivity index (χ1) is 10.9. The Labute approximate surface area is 147 Å². The average molecular weight is 395 g/mol. The predicted molar refractivity (Wildman–Crippen MR) is 96.8 cm³/mol. The summed E-state index contributed by atoms with van der Waals surface area (Å²) in [6.07, 6.45) is 0. The Balaban J connectivity index is 1.82. The highest BCUT2D eigenvalue weighted by Gasteiger charge is 2.08. The molecule has 0 spiro atoms. The van der Waals surface area contributed by atoms with Gasteiger partial charge in [-0.05, 0) is 61.1 Å². The van der Waals surface area contributed by atoms with Gasteiger partial charge in [0.1, 0.15) is 11.5 Å². The molecule has 0 saturated heterocycles. The van der Waals surface area contributed by atoms with Crippen molar-refractivity contribution in [2.45, 2.75) is 6.92 Å². The molecular formula is C16H15BrN2O3S. The summed E-state index contributed by atoms with van der Waals surface area (Å²) in [5, 5.41) is 15.1. The third-order valence-electron chi connectivity index (χ3n) is 2.84. The van der Waals surface area contributed by atoms with Crippen LogP contribution in [-0.4, -0.2) is 22.7 Å². The highest BCUT2D eigenvalue weighted by atomic mass is 79.9. The van der Waals surface area contributed by atoms with E-state index in [1.165, 1.54) is 0 Å². The van der Waals surface area contributed by atoms with E-state index in [4.69, 9.17) is 17.0 Å². The average Bonchev–Trinajstić information content (AvgIpc) is 2.49. The molecule has 0 aromatic heterocycles. The number of phenolic OH excluding ortho intramolecular Hbond substituents is 1. The van der Waals surface area contributed by atoms with Gasteiger partial charge in [0.05, 0.1) is 5.69 Å². The van der Waals surface area contributed by atoms with E-state index in [1.807, 2.05) is 25.1 Å². The summed E-state index contributed by atoms with van der Waals surface area (Å²) < 4.78 is 6.27. The van der Waals surface area contributed by atoms with E-state index in [0.29, 0.717) is 11.4 Å². The third kappa shape index (κ3) is 5.54. The Morgan fingerprint density at radius 3 is 2.61 bits per heavy atom.